The van der Waals surface area contributed by atoms with Crippen LogP contribution in [0.4, 0.5) is 0 Å². The number of nitrogens with two attached hydrogens (primary N) is 1. The lowest BCUT2D eigenvalue weighted by molar-refractivity contribution is -0.137. The molecule has 88 valence electrons. The van der Waals surface area contributed by atoms with Crippen LogP contribution < -0.4 is 5.73 Å². The van der Waals surface area contributed by atoms with Gasteiger partial charge in [0.25, 0.3) is 0 Å². The third kappa shape index (κ3) is 3.35. The zero-order chi connectivity index (χ0) is 12.0. The van der Waals surface area contributed by atoms with Crippen LogP contribution in [-0.2, 0) is 10.2 Å². The Bertz CT molecular complexity index is 337. The molecule has 0 fully saturated rings. The minimum Gasteiger partial charge on any atom is -0.481 e. The van der Waals surface area contributed by atoms with Crippen LogP contribution >= 0.6 is 0 Å². The first-order chi connectivity index (χ1) is 7.58. The summed E-state index contributed by atoms with van der Waals surface area (Å²) in [5.41, 5.74) is 6.88. The van der Waals surface area contributed by atoms with E-state index in [2.05, 4.69) is 6.92 Å². The van der Waals surface area contributed by atoms with Gasteiger partial charge in [0.05, 0.1) is 0 Å². The maximum absolute atomic E-state index is 10.5. The Morgan fingerprint density at radius 2 is 2.00 bits per heavy atom. The molecule has 0 bridgehead atoms. The molecular weight excluding hydrogens is 202 g/mol. The molecule has 1 unspecified atom stereocenters. The molecule has 1 atom stereocenters. The molecule has 3 nitrogen and oxygen atoms in total. The average molecular weight is 221 g/mol. The van der Waals surface area contributed by atoms with E-state index in [0.717, 1.165) is 6.42 Å². The SMILES string of the molecule is CC(CN)(CCCC(=O)O)c1ccccc1. The largest absolute Gasteiger partial charge is 0.481 e. The van der Waals surface area contributed by atoms with E-state index in [1.165, 1.54) is 5.56 Å². The van der Waals surface area contributed by atoms with Crippen molar-refractivity contribution in [3.8, 4) is 0 Å². The number of aliphatic carboxylic acids is 1. The van der Waals surface area contributed by atoms with E-state index < -0.39 is 5.97 Å². The molecule has 16 heavy (non-hydrogen) atoms. The van der Waals surface area contributed by atoms with Gasteiger partial charge >= 0.3 is 5.97 Å². The molecule has 0 aliphatic carbocycles. The van der Waals surface area contributed by atoms with Crippen LogP contribution in [0.1, 0.15) is 31.7 Å². The Balaban J connectivity index is 2.67. The molecule has 3 N–H and O–H groups in total. The third-order valence-corrected chi connectivity index (χ3v) is 3.04. The number of carboxylic acid groups (broad SMARTS) is 1. The first-order valence-electron chi connectivity index (χ1n) is 5.56. The summed E-state index contributed by atoms with van der Waals surface area (Å²) >= 11 is 0. The summed E-state index contributed by atoms with van der Waals surface area (Å²) in [5.74, 6) is -0.743. The van der Waals surface area contributed by atoms with Gasteiger partial charge in [-0.15, -0.1) is 0 Å². The van der Waals surface area contributed by atoms with Crippen molar-refractivity contribution in [3.63, 3.8) is 0 Å². The normalized spacial score (nSPS) is 14.4. The summed E-state index contributed by atoms with van der Waals surface area (Å²) in [5, 5.41) is 8.62. The third-order valence-electron chi connectivity index (χ3n) is 3.04. The Labute approximate surface area is 96.3 Å². The summed E-state index contributed by atoms with van der Waals surface area (Å²) in [4.78, 5) is 10.5. The van der Waals surface area contributed by atoms with Gasteiger partial charge in [0.1, 0.15) is 0 Å². The maximum Gasteiger partial charge on any atom is 0.303 e. The molecule has 0 spiro atoms. The fourth-order valence-electron chi connectivity index (χ4n) is 1.83. The van der Waals surface area contributed by atoms with Crippen LogP contribution in [0.3, 0.4) is 0 Å². The Morgan fingerprint density at radius 3 is 2.50 bits per heavy atom. The Morgan fingerprint density at radius 1 is 1.38 bits per heavy atom. The Hall–Kier alpha value is -1.35. The predicted molar refractivity (Wildman–Crippen MR) is 64.3 cm³/mol. The number of carbonyl (C=O) groups is 1. The number of benzene rings is 1. The van der Waals surface area contributed by atoms with E-state index >= 15 is 0 Å². The lowest BCUT2D eigenvalue weighted by Gasteiger charge is -2.28. The molecule has 1 aromatic carbocycles. The molecule has 0 heterocycles. The number of rotatable bonds is 6. The van der Waals surface area contributed by atoms with Crippen molar-refractivity contribution in [2.75, 3.05) is 6.54 Å². The molecule has 0 aliphatic rings. The predicted octanol–water partition coefficient (Wildman–Crippen LogP) is 2.16. The van der Waals surface area contributed by atoms with Gasteiger partial charge in [0.2, 0.25) is 0 Å². The van der Waals surface area contributed by atoms with Gasteiger partial charge in [0.15, 0.2) is 0 Å². The highest BCUT2D eigenvalue weighted by Gasteiger charge is 2.24. The minimum absolute atomic E-state index is 0.114. The van der Waals surface area contributed by atoms with E-state index in [-0.39, 0.29) is 11.8 Å². The average Bonchev–Trinajstić information content (AvgIpc) is 2.29. The summed E-state index contributed by atoms with van der Waals surface area (Å²) in [6.45, 7) is 2.63. The van der Waals surface area contributed by atoms with E-state index in [1.54, 1.807) is 0 Å². The van der Waals surface area contributed by atoms with Crippen LogP contribution in [-0.4, -0.2) is 17.6 Å². The van der Waals surface area contributed by atoms with Crippen molar-refractivity contribution in [2.24, 2.45) is 5.73 Å². The molecule has 0 aromatic heterocycles. The van der Waals surface area contributed by atoms with Crippen LogP contribution in [0.25, 0.3) is 0 Å². The highest BCUT2D eigenvalue weighted by molar-refractivity contribution is 5.66. The second kappa shape index (κ2) is 5.66. The fourth-order valence-corrected chi connectivity index (χ4v) is 1.83. The zero-order valence-electron chi connectivity index (χ0n) is 9.65. The standard InChI is InChI=1S/C13H19NO2/c1-13(10-14,9-5-8-12(15)16)11-6-3-2-4-7-11/h2-4,6-7H,5,8-10,14H2,1H3,(H,15,16). The van der Waals surface area contributed by atoms with E-state index in [1.807, 2.05) is 30.3 Å². The van der Waals surface area contributed by atoms with Gasteiger partial charge in [-0.2, -0.15) is 0 Å². The van der Waals surface area contributed by atoms with E-state index in [4.69, 9.17) is 10.8 Å². The molecule has 0 amide bonds. The smallest absolute Gasteiger partial charge is 0.303 e. The second-order valence-corrected chi connectivity index (χ2v) is 4.38. The van der Waals surface area contributed by atoms with Crippen LogP contribution in [0, 0.1) is 0 Å². The highest BCUT2D eigenvalue weighted by Crippen LogP contribution is 2.28. The van der Waals surface area contributed by atoms with Crippen molar-refractivity contribution in [2.45, 2.75) is 31.6 Å². The van der Waals surface area contributed by atoms with Crippen molar-refractivity contribution in [3.05, 3.63) is 35.9 Å². The first-order valence-corrected chi connectivity index (χ1v) is 5.56. The summed E-state index contributed by atoms with van der Waals surface area (Å²) < 4.78 is 0. The molecule has 0 aliphatic heterocycles. The summed E-state index contributed by atoms with van der Waals surface area (Å²) in [6, 6.07) is 10.0. The highest BCUT2D eigenvalue weighted by atomic mass is 16.4. The topological polar surface area (TPSA) is 63.3 Å². The van der Waals surface area contributed by atoms with Crippen LogP contribution in [0.2, 0.25) is 0 Å². The fraction of sp³-hybridized carbons (Fsp3) is 0.462. The molecule has 0 saturated carbocycles. The minimum atomic E-state index is -0.743. The number of carboxylic acids is 1. The van der Waals surface area contributed by atoms with Crippen molar-refractivity contribution in [1.82, 2.24) is 0 Å². The van der Waals surface area contributed by atoms with Gasteiger partial charge in [-0.05, 0) is 18.4 Å². The molecule has 0 saturated heterocycles. The van der Waals surface area contributed by atoms with Crippen molar-refractivity contribution >= 4 is 5.97 Å². The molecular formula is C13H19NO2. The molecule has 1 rings (SSSR count). The maximum atomic E-state index is 10.5. The molecule has 3 heteroatoms. The Kier molecular flexibility index (Phi) is 4.50. The summed E-state index contributed by atoms with van der Waals surface area (Å²) in [6.07, 6.45) is 1.68. The van der Waals surface area contributed by atoms with Gasteiger partial charge in [-0.3, -0.25) is 4.79 Å². The van der Waals surface area contributed by atoms with Crippen molar-refractivity contribution < 1.29 is 9.90 Å². The molecule has 1 aromatic rings. The van der Waals surface area contributed by atoms with Crippen molar-refractivity contribution in [1.29, 1.82) is 0 Å². The van der Waals surface area contributed by atoms with Crippen LogP contribution in [0.5, 0.6) is 0 Å². The van der Waals surface area contributed by atoms with Gasteiger partial charge in [-0.25, -0.2) is 0 Å². The quantitative estimate of drug-likeness (QED) is 0.773. The second-order valence-electron chi connectivity index (χ2n) is 4.38. The zero-order valence-corrected chi connectivity index (χ0v) is 9.65. The number of hydrogen-bond donors (Lipinski definition) is 2. The van der Waals surface area contributed by atoms with Gasteiger partial charge in [0, 0.05) is 18.4 Å². The molecule has 0 radical (unpaired) electrons. The summed E-state index contributed by atoms with van der Waals surface area (Å²) in [7, 11) is 0. The number of hydrogen-bond acceptors (Lipinski definition) is 2. The van der Waals surface area contributed by atoms with Gasteiger partial charge in [-0.1, -0.05) is 37.3 Å². The monoisotopic (exact) mass is 221 g/mol. The van der Waals surface area contributed by atoms with Crippen LogP contribution in [0.15, 0.2) is 30.3 Å². The van der Waals surface area contributed by atoms with Gasteiger partial charge < -0.3 is 10.8 Å². The lowest BCUT2D eigenvalue weighted by Crippen LogP contribution is -2.31. The first kappa shape index (κ1) is 12.7. The van der Waals surface area contributed by atoms with E-state index in [9.17, 15) is 4.79 Å². The lowest BCUT2D eigenvalue weighted by atomic mass is 9.78. The van der Waals surface area contributed by atoms with E-state index in [0.29, 0.717) is 13.0 Å².